The summed E-state index contributed by atoms with van der Waals surface area (Å²) >= 11 is 0. The first-order valence-corrected chi connectivity index (χ1v) is 17.9. The van der Waals surface area contributed by atoms with Gasteiger partial charge in [-0.15, -0.1) is 0 Å². The average Bonchev–Trinajstić information content (AvgIpc) is 3.01. The molecular weight excluding hydrogens is 544 g/mol. The van der Waals surface area contributed by atoms with Crippen LogP contribution in [0.15, 0.2) is 72.9 Å². The van der Waals surface area contributed by atoms with Gasteiger partial charge < -0.3 is 9.84 Å². The second-order valence-electron chi connectivity index (χ2n) is 11.7. The normalized spacial score (nSPS) is 13.1. The van der Waals surface area contributed by atoms with Crippen LogP contribution in [0, 0.1) is 0 Å². The molecular formula is C40H66O4. The summed E-state index contributed by atoms with van der Waals surface area (Å²) in [6.07, 6.45) is 49.3. The monoisotopic (exact) mass is 610 g/mol. The predicted molar refractivity (Wildman–Crippen MR) is 190 cm³/mol. The van der Waals surface area contributed by atoms with Gasteiger partial charge in [0.15, 0.2) is 0 Å². The Labute approximate surface area is 271 Å². The molecule has 0 radical (unpaired) electrons. The van der Waals surface area contributed by atoms with Gasteiger partial charge >= 0.3 is 11.9 Å². The standard InChI is InChI=1S/C40H66O4/c1-3-5-7-9-11-13-14-15-16-17-18-19-20-21-23-29-33-37-40(43)44-38(34-30-26-22-12-10-8-6-4-2)35-31-27-24-25-28-32-36-39(41)42/h5,7,11,13,15-16,18-19,21,23,30,34,38H,3-4,6,8-10,12,14,17,20,22,24-29,31-33,35-37H2,1-2H3,(H,41,42)/b7-5-,13-11-,16-15-,19-18-,23-21-,34-30-. The van der Waals surface area contributed by atoms with E-state index in [1.807, 2.05) is 0 Å². The molecule has 0 rings (SSSR count). The van der Waals surface area contributed by atoms with Gasteiger partial charge in [-0.2, -0.15) is 0 Å². The summed E-state index contributed by atoms with van der Waals surface area (Å²) in [5.41, 5.74) is 0. The van der Waals surface area contributed by atoms with Crippen molar-refractivity contribution in [3.63, 3.8) is 0 Å². The molecule has 0 amide bonds. The van der Waals surface area contributed by atoms with Crippen molar-refractivity contribution in [1.29, 1.82) is 0 Å². The van der Waals surface area contributed by atoms with Crippen LogP contribution in [0.5, 0.6) is 0 Å². The van der Waals surface area contributed by atoms with Crippen molar-refractivity contribution in [1.82, 2.24) is 0 Å². The minimum atomic E-state index is -0.708. The number of carbonyl (C=O) groups is 2. The van der Waals surface area contributed by atoms with Crippen LogP contribution < -0.4 is 0 Å². The van der Waals surface area contributed by atoms with E-state index in [4.69, 9.17) is 9.84 Å². The Bertz CT molecular complexity index is 830. The third-order valence-electron chi connectivity index (χ3n) is 7.40. The first kappa shape index (κ1) is 41.4. The zero-order chi connectivity index (χ0) is 32.2. The largest absolute Gasteiger partial charge is 0.481 e. The molecule has 0 saturated carbocycles. The molecule has 250 valence electrons. The number of rotatable bonds is 31. The molecule has 0 fully saturated rings. The molecule has 0 aliphatic heterocycles. The highest BCUT2D eigenvalue weighted by atomic mass is 16.5. The van der Waals surface area contributed by atoms with Crippen molar-refractivity contribution in [2.24, 2.45) is 0 Å². The van der Waals surface area contributed by atoms with E-state index in [9.17, 15) is 9.59 Å². The first-order valence-electron chi connectivity index (χ1n) is 17.9. The fourth-order valence-corrected chi connectivity index (χ4v) is 4.77. The highest BCUT2D eigenvalue weighted by molar-refractivity contribution is 5.69. The molecule has 0 heterocycles. The fourth-order valence-electron chi connectivity index (χ4n) is 4.77. The maximum Gasteiger partial charge on any atom is 0.306 e. The second-order valence-corrected chi connectivity index (χ2v) is 11.7. The van der Waals surface area contributed by atoms with Crippen molar-refractivity contribution in [2.45, 2.75) is 168 Å². The minimum Gasteiger partial charge on any atom is -0.481 e. The van der Waals surface area contributed by atoms with E-state index in [1.165, 1.54) is 38.5 Å². The van der Waals surface area contributed by atoms with Crippen LogP contribution in [0.2, 0.25) is 0 Å². The van der Waals surface area contributed by atoms with Crippen LogP contribution >= 0.6 is 0 Å². The molecule has 0 spiro atoms. The third-order valence-corrected chi connectivity index (χ3v) is 7.40. The highest BCUT2D eigenvalue weighted by Crippen LogP contribution is 2.15. The van der Waals surface area contributed by atoms with Crippen LogP contribution in [0.4, 0.5) is 0 Å². The maximum atomic E-state index is 12.6. The van der Waals surface area contributed by atoms with Crippen LogP contribution in [-0.2, 0) is 14.3 Å². The third kappa shape index (κ3) is 33.9. The van der Waals surface area contributed by atoms with Gasteiger partial charge in [-0.25, -0.2) is 0 Å². The minimum absolute atomic E-state index is 0.0970. The van der Waals surface area contributed by atoms with E-state index in [1.54, 1.807) is 0 Å². The van der Waals surface area contributed by atoms with E-state index in [2.05, 4.69) is 86.8 Å². The molecule has 0 aliphatic rings. The summed E-state index contributed by atoms with van der Waals surface area (Å²) in [7, 11) is 0. The molecule has 0 aromatic carbocycles. The first-order chi connectivity index (χ1) is 21.6. The Morgan fingerprint density at radius 1 is 0.545 bits per heavy atom. The van der Waals surface area contributed by atoms with Gasteiger partial charge in [0.25, 0.3) is 0 Å². The summed E-state index contributed by atoms with van der Waals surface area (Å²) < 4.78 is 5.87. The number of esters is 1. The molecule has 4 heteroatoms. The lowest BCUT2D eigenvalue weighted by Crippen LogP contribution is -2.16. The maximum absolute atomic E-state index is 12.6. The Hall–Kier alpha value is -2.62. The number of aliphatic carboxylic acids is 1. The summed E-state index contributed by atoms with van der Waals surface area (Å²) in [4.78, 5) is 23.2. The summed E-state index contributed by atoms with van der Waals surface area (Å²) in [5.74, 6) is -0.805. The summed E-state index contributed by atoms with van der Waals surface area (Å²) in [6.45, 7) is 4.40. The summed E-state index contributed by atoms with van der Waals surface area (Å²) in [5, 5.41) is 8.76. The number of unbranched alkanes of at least 4 members (excludes halogenated alkanes) is 12. The number of carboxylic acids is 1. The Morgan fingerprint density at radius 3 is 1.64 bits per heavy atom. The molecule has 1 unspecified atom stereocenters. The molecule has 0 saturated heterocycles. The smallest absolute Gasteiger partial charge is 0.306 e. The molecule has 0 bridgehead atoms. The van der Waals surface area contributed by atoms with E-state index in [0.29, 0.717) is 6.42 Å². The second kappa shape index (κ2) is 34.9. The van der Waals surface area contributed by atoms with Gasteiger partial charge in [0.05, 0.1) is 0 Å². The van der Waals surface area contributed by atoms with Crippen LogP contribution in [0.25, 0.3) is 0 Å². The van der Waals surface area contributed by atoms with E-state index in [-0.39, 0.29) is 18.5 Å². The molecule has 4 nitrogen and oxygen atoms in total. The Kier molecular flexibility index (Phi) is 32.8. The fraction of sp³-hybridized carbons (Fsp3) is 0.650. The molecule has 1 N–H and O–H groups in total. The summed E-state index contributed by atoms with van der Waals surface area (Å²) in [6, 6.07) is 0. The van der Waals surface area contributed by atoms with Gasteiger partial charge in [0, 0.05) is 12.8 Å². The quantitative estimate of drug-likeness (QED) is 0.0482. The average molecular weight is 611 g/mol. The van der Waals surface area contributed by atoms with Crippen molar-refractivity contribution in [3.05, 3.63) is 72.9 Å². The SMILES string of the molecule is CC/C=C\C/C=C\C/C=C\C/C=C\C/C=C\CCCC(=O)OC(/C=C\CCCCCCCC)CCCCCCCCC(=O)O. The van der Waals surface area contributed by atoms with E-state index < -0.39 is 5.97 Å². The zero-order valence-corrected chi connectivity index (χ0v) is 28.4. The van der Waals surface area contributed by atoms with Crippen molar-refractivity contribution >= 4 is 11.9 Å². The van der Waals surface area contributed by atoms with Gasteiger partial charge in [-0.1, -0.05) is 138 Å². The van der Waals surface area contributed by atoms with Crippen molar-refractivity contribution in [3.8, 4) is 0 Å². The molecule has 1 atom stereocenters. The van der Waals surface area contributed by atoms with Crippen molar-refractivity contribution < 1.29 is 19.4 Å². The van der Waals surface area contributed by atoms with Crippen LogP contribution in [0.1, 0.15) is 162 Å². The molecule has 0 aliphatic carbocycles. The lowest BCUT2D eigenvalue weighted by molar-refractivity contribution is -0.147. The van der Waals surface area contributed by atoms with Crippen molar-refractivity contribution in [2.75, 3.05) is 0 Å². The molecule has 44 heavy (non-hydrogen) atoms. The number of carboxylic acid groups (broad SMARTS) is 1. The Morgan fingerprint density at radius 2 is 1.05 bits per heavy atom. The number of carbonyl (C=O) groups excluding carboxylic acids is 1. The lowest BCUT2D eigenvalue weighted by atomic mass is 10.0. The predicted octanol–water partition coefficient (Wildman–Crippen LogP) is 12.3. The van der Waals surface area contributed by atoms with E-state index in [0.717, 1.165) is 96.3 Å². The Balaban J connectivity index is 4.22. The number of allylic oxidation sites excluding steroid dienone is 11. The van der Waals surface area contributed by atoms with Gasteiger partial charge in [-0.3, -0.25) is 9.59 Å². The van der Waals surface area contributed by atoms with E-state index >= 15 is 0 Å². The number of ether oxygens (including phenoxy) is 1. The zero-order valence-electron chi connectivity index (χ0n) is 28.4. The topological polar surface area (TPSA) is 63.6 Å². The highest BCUT2D eigenvalue weighted by Gasteiger charge is 2.11. The van der Waals surface area contributed by atoms with Crippen LogP contribution in [-0.4, -0.2) is 23.1 Å². The van der Waals surface area contributed by atoms with Gasteiger partial charge in [0.1, 0.15) is 6.10 Å². The lowest BCUT2D eigenvalue weighted by Gasteiger charge is -2.14. The molecule has 0 aromatic heterocycles. The van der Waals surface area contributed by atoms with Gasteiger partial charge in [0.2, 0.25) is 0 Å². The number of hydrogen-bond acceptors (Lipinski definition) is 3. The van der Waals surface area contributed by atoms with Gasteiger partial charge in [-0.05, 0) is 83.1 Å². The van der Waals surface area contributed by atoms with Crippen LogP contribution in [0.3, 0.4) is 0 Å². The molecule has 0 aromatic rings. The number of hydrogen-bond donors (Lipinski definition) is 1.